The van der Waals surface area contributed by atoms with Crippen molar-refractivity contribution in [3.63, 3.8) is 0 Å². The topological polar surface area (TPSA) is 85.3 Å². The smallest absolute Gasteiger partial charge is 0.336 e. The van der Waals surface area contributed by atoms with Crippen LogP contribution in [0.5, 0.6) is 5.75 Å². The first-order valence-corrected chi connectivity index (χ1v) is 11.4. The minimum Gasteiger partial charge on any atom is -0.508 e. The molecule has 33 heavy (non-hydrogen) atoms. The summed E-state index contributed by atoms with van der Waals surface area (Å²) in [6.45, 7) is 2.10. The zero-order valence-electron chi connectivity index (χ0n) is 17.8. The zero-order valence-corrected chi connectivity index (χ0v) is 18.6. The first-order chi connectivity index (χ1) is 16.0. The van der Waals surface area contributed by atoms with E-state index in [2.05, 4.69) is 0 Å². The van der Waals surface area contributed by atoms with Crippen LogP contribution in [-0.2, 0) is 12.3 Å². The molecule has 0 aliphatic carbocycles. The monoisotopic (exact) mass is 456 g/mol. The minimum atomic E-state index is -0.486. The highest BCUT2D eigenvalue weighted by atomic mass is 32.2. The second-order valence-electron chi connectivity index (χ2n) is 7.75. The van der Waals surface area contributed by atoms with Gasteiger partial charge in [0.25, 0.3) is 5.56 Å². The number of nitrogens with zero attached hydrogens (tertiary/aromatic N) is 2. The van der Waals surface area contributed by atoms with Crippen LogP contribution in [-0.4, -0.2) is 14.7 Å². The molecule has 5 aromatic rings. The number of hydrogen-bond acceptors (Lipinski definition) is 6. The SMILES string of the molecule is Cc1c(O)ccc2c(CSc3nc4ccccc4c(=O)n3Cc3ccccc3)cc(=O)oc12. The van der Waals surface area contributed by atoms with Gasteiger partial charge in [-0.05, 0) is 42.3 Å². The highest BCUT2D eigenvalue weighted by Gasteiger charge is 2.15. The molecule has 2 aromatic heterocycles. The fourth-order valence-electron chi connectivity index (χ4n) is 3.84. The maximum absolute atomic E-state index is 13.3. The van der Waals surface area contributed by atoms with E-state index in [-0.39, 0.29) is 11.3 Å². The molecule has 0 saturated heterocycles. The lowest BCUT2D eigenvalue weighted by molar-refractivity contribution is 0.468. The molecule has 0 aliphatic rings. The molecule has 0 atom stereocenters. The van der Waals surface area contributed by atoms with Crippen LogP contribution >= 0.6 is 11.8 Å². The van der Waals surface area contributed by atoms with Crippen molar-refractivity contribution in [3.05, 3.63) is 110 Å². The molecule has 0 saturated carbocycles. The number of para-hydroxylation sites is 1. The van der Waals surface area contributed by atoms with Crippen molar-refractivity contribution in [3.8, 4) is 5.75 Å². The summed E-state index contributed by atoms with van der Waals surface area (Å²) in [5, 5.41) is 11.9. The van der Waals surface area contributed by atoms with E-state index in [0.717, 1.165) is 16.5 Å². The second kappa shape index (κ2) is 8.60. The summed E-state index contributed by atoms with van der Waals surface area (Å²) in [5.41, 5.74) is 2.67. The van der Waals surface area contributed by atoms with Gasteiger partial charge in [-0.2, -0.15) is 0 Å². The highest BCUT2D eigenvalue weighted by molar-refractivity contribution is 7.98. The molecule has 3 aromatic carbocycles. The first-order valence-electron chi connectivity index (χ1n) is 10.4. The number of aryl methyl sites for hydroxylation is 1. The summed E-state index contributed by atoms with van der Waals surface area (Å²) < 4.78 is 7.02. The number of rotatable bonds is 5. The van der Waals surface area contributed by atoms with Gasteiger partial charge >= 0.3 is 5.63 Å². The molecule has 7 heteroatoms. The Morgan fingerprint density at radius 2 is 1.73 bits per heavy atom. The van der Waals surface area contributed by atoms with E-state index < -0.39 is 5.63 Å². The van der Waals surface area contributed by atoms with Crippen molar-refractivity contribution in [1.82, 2.24) is 9.55 Å². The van der Waals surface area contributed by atoms with E-state index in [1.54, 1.807) is 29.7 Å². The highest BCUT2D eigenvalue weighted by Crippen LogP contribution is 2.30. The van der Waals surface area contributed by atoms with Gasteiger partial charge in [0.1, 0.15) is 11.3 Å². The van der Waals surface area contributed by atoms with Crippen LogP contribution < -0.4 is 11.2 Å². The number of fused-ring (bicyclic) bond motifs is 2. The van der Waals surface area contributed by atoms with E-state index in [4.69, 9.17) is 9.40 Å². The zero-order chi connectivity index (χ0) is 22.9. The van der Waals surface area contributed by atoms with E-state index in [9.17, 15) is 14.7 Å². The molecule has 0 amide bonds. The lowest BCUT2D eigenvalue weighted by Gasteiger charge is -2.14. The van der Waals surface area contributed by atoms with Crippen molar-refractivity contribution in [2.45, 2.75) is 24.4 Å². The average molecular weight is 457 g/mol. The van der Waals surface area contributed by atoms with Crippen molar-refractivity contribution in [2.24, 2.45) is 0 Å². The molecule has 2 heterocycles. The third kappa shape index (κ3) is 4.03. The van der Waals surface area contributed by atoms with E-state index in [0.29, 0.717) is 39.5 Å². The van der Waals surface area contributed by atoms with Gasteiger partial charge in [0, 0.05) is 22.8 Å². The summed E-state index contributed by atoms with van der Waals surface area (Å²) in [7, 11) is 0. The molecule has 0 spiro atoms. The lowest BCUT2D eigenvalue weighted by Crippen LogP contribution is -2.24. The summed E-state index contributed by atoms with van der Waals surface area (Å²) in [6, 6.07) is 21.8. The maximum atomic E-state index is 13.3. The normalized spacial score (nSPS) is 11.3. The summed E-state index contributed by atoms with van der Waals surface area (Å²) in [6.07, 6.45) is 0. The number of phenolic OH excluding ortho intramolecular Hbond substituents is 1. The largest absolute Gasteiger partial charge is 0.508 e. The fourth-order valence-corrected chi connectivity index (χ4v) is 4.83. The van der Waals surface area contributed by atoms with E-state index in [1.165, 1.54) is 17.8 Å². The predicted molar refractivity (Wildman–Crippen MR) is 130 cm³/mol. The maximum Gasteiger partial charge on any atom is 0.336 e. The van der Waals surface area contributed by atoms with Gasteiger partial charge < -0.3 is 9.52 Å². The number of thioether (sulfide) groups is 1. The van der Waals surface area contributed by atoms with Gasteiger partial charge in [-0.1, -0.05) is 54.2 Å². The van der Waals surface area contributed by atoms with Crippen LogP contribution in [0.1, 0.15) is 16.7 Å². The Balaban J connectivity index is 1.59. The quantitative estimate of drug-likeness (QED) is 0.231. The van der Waals surface area contributed by atoms with E-state index >= 15 is 0 Å². The van der Waals surface area contributed by atoms with Crippen molar-refractivity contribution in [1.29, 1.82) is 0 Å². The minimum absolute atomic E-state index is 0.0725. The Morgan fingerprint density at radius 3 is 2.55 bits per heavy atom. The van der Waals surface area contributed by atoms with Crippen LogP contribution in [0, 0.1) is 6.92 Å². The van der Waals surface area contributed by atoms with Gasteiger partial charge in [0.05, 0.1) is 17.4 Å². The molecular formula is C26H20N2O4S. The molecule has 0 radical (unpaired) electrons. The number of aromatic nitrogens is 2. The third-order valence-corrected chi connectivity index (χ3v) is 6.61. The van der Waals surface area contributed by atoms with Crippen LogP contribution in [0.2, 0.25) is 0 Å². The van der Waals surface area contributed by atoms with Gasteiger partial charge in [-0.3, -0.25) is 9.36 Å². The molecule has 0 bridgehead atoms. The van der Waals surface area contributed by atoms with Gasteiger partial charge in [0.15, 0.2) is 5.16 Å². The lowest BCUT2D eigenvalue weighted by atomic mass is 10.1. The summed E-state index contributed by atoms with van der Waals surface area (Å²) in [4.78, 5) is 30.3. The Bertz CT molecular complexity index is 1610. The van der Waals surface area contributed by atoms with Gasteiger partial charge in [-0.15, -0.1) is 0 Å². The fraction of sp³-hybridized carbons (Fsp3) is 0.115. The van der Waals surface area contributed by atoms with Crippen molar-refractivity contribution >= 4 is 33.6 Å². The number of aromatic hydroxyl groups is 1. The van der Waals surface area contributed by atoms with Gasteiger partial charge in [-0.25, -0.2) is 9.78 Å². The van der Waals surface area contributed by atoms with E-state index in [1.807, 2.05) is 48.5 Å². The number of hydrogen-bond donors (Lipinski definition) is 1. The Labute approximate surface area is 193 Å². The van der Waals surface area contributed by atoms with Crippen LogP contribution in [0.4, 0.5) is 0 Å². The van der Waals surface area contributed by atoms with Gasteiger partial charge in [0.2, 0.25) is 0 Å². The van der Waals surface area contributed by atoms with Crippen molar-refractivity contribution in [2.75, 3.05) is 0 Å². The standard InChI is InChI=1S/C26H20N2O4S/c1-16-22(29)12-11-19-18(13-23(30)32-24(16)19)15-33-26-27-21-10-6-5-9-20(21)25(31)28(26)14-17-7-3-2-4-8-17/h2-13,29H,14-15H2,1H3. The molecule has 0 aliphatic heterocycles. The Morgan fingerprint density at radius 1 is 0.970 bits per heavy atom. The van der Waals surface area contributed by atoms with Crippen LogP contribution in [0.15, 0.2) is 92.0 Å². The average Bonchev–Trinajstić information content (AvgIpc) is 2.83. The Kier molecular flexibility index (Phi) is 5.48. The second-order valence-corrected chi connectivity index (χ2v) is 8.70. The molecule has 5 rings (SSSR count). The molecule has 6 nitrogen and oxygen atoms in total. The molecule has 164 valence electrons. The first kappa shape index (κ1) is 21.0. The Hall–Kier alpha value is -3.84. The third-order valence-electron chi connectivity index (χ3n) is 5.58. The number of benzene rings is 3. The summed E-state index contributed by atoms with van der Waals surface area (Å²) in [5.74, 6) is 0.481. The molecule has 1 N–H and O–H groups in total. The van der Waals surface area contributed by atoms with Crippen LogP contribution in [0.25, 0.3) is 21.9 Å². The number of phenols is 1. The molecule has 0 fully saturated rings. The predicted octanol–water partition coefficient (Wildman–Crippen LogP) is 4.86. The van der Waals surface area contributed by atoms with Crippen LogP contribution in [0.3, 0.4) is 0 Å². The summed E-state index contributed by atoms with van der Waals surface area (Å²) >= 11 is 1.39. The molecular weight excluding hydrogens is 436 g/mol. The van der Waals surface area contributed by atoms with Crippen molar-refractivity contribution < 1.29 is 9.52 Å². The molecule has 0 unspecified atom stereocenters.